The fraction of sp³-hybridized carbons (Fsp3) is 0.625. The van der Waals surface area contributed by atoms with Crippen molar-refractivity contribution in [2.75, 3.05) is 20.4 Å². The number of halogens is 2. The summed E-state index contributed by atoms with van der Waals surface area (Å²) in [7, 11) is 0. The molecule has 0 heterocycles. The van der Waals surface area contributed by atoms with E-state index in [1.807, 2.05) is 23.5 Å². The van der Waals surface area contributed by atoms with Crippen molar-refractivity contribution in [3.05, 3.63) is 24.3 Å². The van der Waals surface area contributed by atoms with Crippen LogP contribution >= 0.6 is 68.7 Å². The third-order valence-electron chi connectivity index (χ3n) is 2.92. The molecular formula is C16H24I2S2. The van der Waals surface area contributed by atoms with Crippen molar-refractivity contribution in [3.63, 3.8) is 0 Å². The number of hydrogen-bond donors (Lipinski definition) is 0. The van der Waals surface area contributed by atoms with Crippen molar-refractivity contribution in [1.29, 1.82) is 0 Å². The number of hydrogen-bond acceptors (Lipinski definition) is 2. The molecule has 0 atom stereocenters. The normalized spacial score (nSPS) is 10.9. The zero-order chi connectivity index (χ0) is 14.5. The molecule has 0 saturated heterocycles. The van der Waals surface area contributed by atoms with E-state index in [-0.39, 0.29) is 0 Å². The molecule has 0 amide bonds. The molecule has 1 rings (SSSR count). The van der Waals surface area contributed by atoms with Gasteiger partial charge in [-0.3, -0.25) is 0 Å². The highest BCUT2D eigenvalue weighted by molar-refractivity contribution is 14.1. The van der Waals surface area contributed by atoms with Gasteiger partial charge in [0.05, 0.1) is 0 Å². The monoisotopic (exact) mass is 534 g/mol. The van der Waals surface area contributed by atoms with Crippen molar-refractivity contribution in [1.82, 2.24) is 0 Å². The molecule has 0 unspecified atom stereocenters. The zero-order valence-corrected chi connectivity index (χ0v) is 17.9. The van der Waals surface area contributed by atoms with Gasteiger partial charge in [-0.25, -0.2) is 0 Å². The second kappa shape index (κ2) is 14.0. The summed E-state index contributed by atoms with van der Waals surface area (Å²) in [5.41, 5.74) is 0. The van der Waals surface area contributed by atoms with E-state index in [0.29, 0.717) is 0 Å². The van der Waals surface area contributed by atoms with E-state index in [9.17, 15) is 0 Å². The predicted molar refractivity (Wildman–Crippen MR) is 113 cm³/mol. The lowest BCUT2D eigenvalue weighted by Crippen LogP contribution is -1.84. The van der Waals surface area contributed by atoms with Gasteiger partial charge >= 0.3 is 0 Å². The highest BCUT2D eigenvalue weighted by Gasteiger charge is 1.97. The van der Waals surface area contributed by atoms with Crippen molar-refractivity contribution in [3.8, 4) is 0 Å². The topological polar surface area (TPSA) is 0 Å². The first kappa shape index (κ1) is 19.4. The lowest BCUT2D eigenvalue weighted by molar-refractivity contribution is 0.792. The Morgan fingerprint density at radius 3 is 1.35 bits per heavy atom. The van der Waals surface area contributed by atoms with Crippen LogP contribution in [0.25, 0.3) is 0 Å². The van der Waals surface area contributed by atoms with Gasteiger partial charge in [-0.2, -0.15) is 0 Å². The lowest BCUT2D eigenvalue weighted by Gasteiger charge is -2.04. The fourth-order valence-corrected chi connectivity index (χ4v) is 4.66. The SMILES string of the molecule is ICCCCCSc1ccc(SCCCCCI)cc1. The molecule has 114 valence electrons. The minimum absolute atomic E-state index is 1.26. The Morgan fingerprint density at radius 1 is 0.600 bits per heavy atom. The summed E-state index contributed by atoms with van der Waals surface area (Å²) in [6, 6.07) is 9.15. The third-order valence-corrected chi connectivity index (χ3v) is 6.64. The predicted octanol–water partition coefficient (Wildman–Crippen LogP) is 7.08. The molecule has 0 nitrogen and oxygen atoms in total. The number of benzene rings is 1. The average Bonchev–Trinajstić information content (AvgIpc) is 2.48. The van der Waals surface area contributed by atoms with Crippen molar-refractivity contribution < 1.29 is 0 Å². The molecule has 0 fully saturated rings. The molecule has 1 aromatic rings. The fourth-order valence-electron chi connectivity index (χ4n) is 1.76. The Labute approximate surface area is 160 Å². The summed E-state index contributed by atoms with van der Waals surface area (Å²) in [6.45, 7) is 0. The van der Waals surface area contributed by atoms with E-state index in [1.165, 1.54) is 68.7 Å². The van der Waals surface area contributed by atoms with Crippen LogP contribution in [0.15, 0.2) is 34.1 Å². The van der Waals surface area contributed by atoms with E-state index in [2.05, 4.69) is 69.4 Å². The van der Waals surface area contributed by atoms with Crippen LogP contribution in [0.4, 0.5) is 0 Å². The van der Waals surface area contributed by atoms with Gasteiger partial charge in [-0.15, -0.1) is 23.5 Å². The second-order valence-electron chi connectivity index (χ2n) is 4.67. The van der Waals surface area contributed by atoms with Crippen LogP contribution in [-0.4, -0.2) is 20.4 Å². The van der Waals surface area contributed by atoms with E-state index < -0.39 is 0 Å². The molecule has 0 radical (unpaired) electrons. The van der Waals surface area contributed by atoms with E-state index in [1.54, 1.807) is 0 Å². The smallest absolute Gasteiger partial charge is 0.00727 e. The quantitative estimate of drug-likeness (QED) is 0.122. The Balaban J connectivity index is 2.13. The van der Waals surface area contributed by atoms with Crippen LogP contribution in [0.2, 0.25) is 0 Å². The summed E-state index contributed by atoms with van der Waals surface area (Å²) >= 11 is 8.93. The molecule has 0 saturated carbocycles. The van der Waals surface area contributed by atoms with Crippen molar-refractivity contribution in [2.24, 2.45) is 0 Å². The molecular weight excluding hydrogens is 510 g/mol. The molecule has 0 aromatic heterocycles. The highest BCUT2D eigenvalue weighted by atomic mass is 127. The molecule has 0 bridgehead atoms. The van der Waals surface area contributed by atoms with Crippen LogP contribution < -0.4 is 0 Å². The van der Waals surface area contributed by atoms with Gasteiger partial charge in [0.1, 0.15) is 0 Å². The minimum atomic E-state index is 1.26. The Kier molecular flexibility index (Phi) is 13.6. The van der Waals surface area contributed by atoms with Crippen molar-refractivity contribution >= 4 is 68.7 Å². The zero-order valence-electron chi connectivity index (χ0n) is 12.0. The van der Waals surface area contributed by atoms with E-state index >= 15 is 0 Å². The second-order valence-corrected chi connectivity index (χ2v) is 9.16. The van der Waals surface area contributed by atoms with E-state index in [0.717, 1.165) is 0 Å². The first-order chi connectivity index (χ1) is 9.86. The minimum Gasteiger partial charge on any atom is -0.126 e. The first-order valence-corrected chi connectivity index (χ1v) is 12.4. The van der Waals surface area contributed by atoms with Gasteiger partial charge in [0.2, 0.25) is 0 Å². The van der Waals surface area contributed by atoms with Crippen LogP contribution in [0.3, 0.4) is 0 Å². The first-order valence-electron chi connectivity index (χ1n) is 7.34. The van der Waals surface area contributed by atoms with Crippen LogP contribution in [-0.2, 0) is 0 Å². The van der Waals surface area contributed by atoms with Crippen LogP contribution in [0, 0.1) is 0 Å². The van der Waals surface area contributed by atoms with Gasteiger partial charge in [0.25, 0.3) is 0 Å². The molecule has 0 aliphatic heterocycles. The summed E-state index contributed by atoms with van der Waals surface area (Å²) in [4.78, 5) is 2.85. The van der Waals surface area contributed by atoms with Gasteiger partial charge in [-0.05, 0) is 70.3 Å². The molecule has 0 N–H and O–H groups in total. The van der Waals surface area contributed by atoms with Gasteiger partial charge in [-0.1, -0.05) is 58.0 Å². The number of unbranched alkanes of at least 4 members (excludes halogenated alkanes) is 4. The maximum Gasteiger partial charge on any atom is 0.00727 e. The number of thioether (sulfide) groups is 2. The molecule has 4 heteroatoms. The number of alkyl halides is 2. The highest BCUT2D eigenvalue weighted by Crippen LogP contribution is 2.25. The molecule has 0 aliphatic carbocycles. The summed E-state index contributed by atoms with van der Waals surface area (Å²) in [6.07, 6.45) is 8.19. The van der Waals surface area contributed by atoms with Crippen molar-refractivity contribution in [2.45, 2.75) is 48.3 Å². The maximum absolute atomic E-state index is 2.46. The van der Waals surface area contributed by atoms with Gasteiger partial charge < -0.3 is 0 Å². The molecule has 20 heavy (non-hydrogen) atoms. The van der Waals surface area contributed by atoms with Gasteiger partial charge in [0.15, 0.2) is 0 Å². The summed E-state index contributed by atoms with van der Waals surface area (Å²) in [5, 5.41) is 0. The molecule has 1 aromatic carbocycles. The van der Waals surface area contributed by atoms with Crippen LogP contribution in [0.1, 0.15) is 38.5 Å². The van der Waals surface area contributed by atoms with Crippen LogP contribution in [0.5, 0.6) is 0 Å². The third kappa shape index (κ3) is 10.2. The van der Waals surface area contributed by atoms with E-state index in [4.69, 9.17) is 0 Å². The average molecular weight is 534 g/mol. The molecule has 0 spiro atoms. The maximum atomic E-state index is 2.46. The standard InChI is InChI=1S/C16H24I2S2/c17-11-3-1-5-13-19-15-7-9-16(10-8-15)20-14-6-2-4-12-18/h7-10H,1-6,11-14H2. The van der Waals surface area contributed by atoms with Gasteiger partial charge in [0, 0.05) is 9.79 Å². The lowest BCUT2D eigenvalue weighted by atomic mass is 10.3. The Morgan fingerprint density at radius 2 is 1.00 bits per heavy atom. The Bertz CT molecular complexity index is 295. The summed E-state index contributed by atoms with van der Waals surface area (Å²) in [5.74, 6) is 2.53. The number of rotatable bonds is 12. The summed E-state index contributed by atoms with van der Waals surface area (Å²) < 4.78 is 2.60. The molecule has 0 aliphatic rings. The Hall–Kier alpha value is 1.38. The largest absolute Gasteiger partial charge is 0.126 e.